The Kier molecular flexibility index (Phi) is 16.9. The molecule has 1 rings (SSSR count). The van der Waals surface area contributed by atoms with Gasteiger partial charge in [0.1, 0.15) is 0 Å². The zero-order valence-electron chi connectivity index (χ0n) is 18.4. The first kappa shape index (κ1) is 24.0. The van der Waals surface area contributed by atoms with Crippen LogP contribution in [0.15, 0.2) is 0 Å². The molecule has 26 heavy (non-hydrogen) atoms. The van der Waals surface area contributed by atoms with Gasteiger partial charge in [-0.05, 0) is 18.8 Å². The van der Waals surface area contributed by atoms with Crippen molar-refractivity contribution in [2.45, 2.75) is 117 Å². The van der Waals surface area contributed by atoms with Crippen molar-refractivity contribution in [3.63, 3.8) is 0 Å². The van der Waals surface area contributed by atoms with Crippen LogP contribution in [0.25, 0.3) is 0 Å². The first-order valence-electron chi connectivity index (χ1n) is 12.3. The maximum Gasteiger partial charge on any atom is 0.0107 e. The van der Waals surface area contributed by atoms with Gasteiger partial charge >= 0.3 is 0 Å². The number of nitrogens with zero attached hydrogens (tertiary/aromatic N) is 1. The minimum Gasteiger partial charge on any atom is -0.314 e. The van der Waals surface area contributed by atoms with Crippen molar-refractivity contribution in [1.29, 1.82) is 0 Å². The van der Waals surface area contributed by atoms with E-state index >= 15 is 0 Å². The van der Waals surface area contributed by atoms with Crippen molar-refractivity contribution in [3.05, 3.63) is 0 Å². The molecule has 0 aliphatic carbocycles. The number of piperazine rings is 1. The lowest BCUT2D eigenvalue weighted by Gasteiger charge is -2.31. The quantitative estimate of drug-likeness (QED) is 0.269. The third-order valence-corrected chi connectivity index (χ3v) is 6.16. The second-order valence-corrected chi connectivity index (χ2v) is 8.74. The van der Waals surface area contributed by atoms with Gasteiger partial charge in [-0.1, -0.05) is 104 Å². The molecule has 0 amide bonds. The van der Waals surface area contributed by atoms with Gasteiger partial charge in [-0.3, -0.25) is 0 Å². The van der Waals surface area contributed by atoms with Crippen molar-refractivity contribution in [3.8, 4) is 0 Å². The van der Waals surface area contributed by atoms with E-state index in [-0.39, 0.29) is 0 Å². The number of nitrogens with one attached hydrogen (secondary N) is 1. The van der Waals surface area contributed by atoms with Gasteiger partial charge < -0.3 is 10.2 Å². The number of hydrogen-bond donors (Lipinski definition) is 1. The third kappa shape index (κ3) is 14.0. The van der Waals surface area contributed by atoms with E-state index < -0.39 is 0 Å². The molecule has 1 unspecified atom stereocenters. The summed E-state index contributed by atoms with van der Waals surface area (Å²) in [6, 6.07) is 0. The Morgan fingerprint density at radius 2 is 1.04 bits per heavy atom. The molecule has 1 aliphatic heterocycles. The van der Waals surface area contributed by atoms with Crippen molar-refractivity contribution in [2.24, 2.45) is 5.92 Å². The fraction of sp³-hybridized carbons (Fsp3) is 1.00. The number of unbranched alkanes of at least 4 members (excludes halogenated alkanes) is 12. The molecular weight excluding hydrogens is 316 g/mol. The van der Waals surface area contributed by atoms with E-state index in [4.69, 9.17) is 0 Å². The van der Waals surface area contributed by atoms with Crippen LogP contribution in [0, 0.1) is 5.92 Å². The van der Waals surface area contributed by atoms with Crippen molar-refractivity contribution >= 4 is 0 Å². The minimum atomic E-state index is 0.958. The molecule has 1 aliphatic rings. The number of rotatable bonds is 18. The van der Waals surface area contributed by atoms with Crippen molar-refractivity contribution in [1.82, 2.24) is 10.2 Å². The summed E-state index contributed by atoms with van der Waals surface area (Å²) in [5.41, 5.74) is 0. The highest BCUT2D eigenvalue weighted by Crippen LogP contribution is 2.21. The van der Waals surface area contributed by atoms with E-state index in [0.717, 1.165) is 5.92 Å². The van der Waals surface area contributed by atoms with Gasteiger partial charge in [0.05, 0.1) is 0 Å². The van der Waals surface area contributed by atoms with Crippen LogP contribution in [0.5, 0.6) is 0 Å². The van der Waals surface area contributed by atoms with Gasteiger partial charge in [0.2, 0.25) is 0 Å². The van der Waals surface area contributed by atoms with Crippen LogP contribution in [-0.4, -0.2) is 37.6 Å². The molecule has 0 bridgehead atoms. The molecule has 0 spiro atoms. The van der Waals surface area contributed by atoms with E-state index in [1.807, 2.05) is 0 Å². The van der Waals surface area contributed by atoms with Gasteiger partial charge in [0.25, 0.3) is 0 Å². The summed E-state index contributed by atoms with van der Waals surface area (Å²) < 4.78 is 0. The Balaban J connectivity index is 2.13. The monoisotopic (exact) mass is 366 g/mol. The maximum atomic E-state index is 3.50. The topological polar surface area (TPSA) is 15.3 Å². The molecular formula is C24H50N2. The lowest BCUT2D eigenvalue weighted by atomic mass is 9.93. The van der Waals surface area contributed by atoms with Gasteiger partial charge in [0, 0.05) is 32.7 Å². The normalized spacial score (nSPS) is 16.8. The number of hydrogen-bond acceptors (Lipinski definition) is 2. The Bertz CT molecular complexity index is 273. The van der Waals surface area contributed by atoms with Gasteiger partial charge in [-0.2, -0.15) is 0 Å². The predicted octanol–water partition coefficient (Wildman–Crippen LogP) is 6.79. The van der Waals surface area contributed by atoms with Gasteiger partial charge in [-0.25, -0.2) is 0 Å². The molecule has 0 aromatic heterocycles. The predicted molar refractivity (Wildman–Crippen MR) is 118 cm³/mol. The van der Waals surface area contributed by atoms with Crippen molar-refractivity contribution < 1.29 is 0 Å². The standard InChI is InChI=1S/C24H50N2/c1-3-5-7-9-11-12-14-16-18-24(17-15-13-10-8-6-4-2)23-26-21-19-25-20-22-26/h24-25H,3-23H2,1-2H3. The second kappa shape index (κ2) is 18.3. The highest BCUT2D eigenvalue weighted by Gasteiger charge is 2.16. The Morgan fingerprint density at radius 3 is 1.50 bits per heavy atom. The lowest BCUT2D eigenvalue weighted by molar-refractivity contribution is 0.191. The van der Waals surface area contributed by atoms with E-state index in [0.29, 0.717) is 0 Å². The molecule has 1 N–H and O–H groups in total. The maximum absolute atomic E-state index is 3.50. The molecule has 0 aromatic carbocycles. The van der Waals surface area contributed by atoms with E-state index in [1.165, 1.54) is 135 Å². The first-order valence-corrected chi connectivity index (χ1v) is 12.3. The SMILES string of the molecule is CCCCCCCCCCC(CCCCCCCC)CN1CCNCC1. The lowest BCUT2D eigenvalue weighted by Crippen LogP contribution is -2.45. The highest BCUT2D eigenvalue weighted by atomic mass is 15.2. The van der Waals surface area contributed by atoms with E-state index in [1.54, 1.807) is 0 Å². The molecule has 0 saturated carbocycles. The van der Waals surface area contributed by atoms with E-state index in [2.05, 4.69) is 24.1 Å². The van der Waals surface area contributed by atoms with Crippen LogP contribution in [-0.2, 0) is 0 Å². The zero-order chi connectivity index (χ0) is 18.7. The Morgan fingerprint density at radius 1 is 0.615 bits per heavy atom. The molecule has 0 aromatic rings. The first-order chi connectivity index (χ1) is 12.9. The minimum absolute atomic E-state index is 0.958. The average molecular weight is 367 g/mol. The molecule has 1 atom stereocenters. The molecule has 2 heteroatoms. The smallest absolute Gasteiger partial charge is 0.0107 e. The molecule has 0 radical (unpaired) electrons. The third-order valence-electron chi connectivity index (χ3n) is 6.16. The van der Waals surface area contributed by atoms with Crippen LogP contribution in [0.1, 0.15) is 117 Å². The van der Waals surface area contributed by atoms with Crippen molar-refractivity contribution in [2.75, 3.05) is 32.7 Å². The Labute approximate surface area is 165 Å². The molecule has 1 heterocycles. The summed E-state index contributed by atoms with van der Waals surface area (Å²) in [5, 5.41) is 3.50. The fourth-order valence-corrected chi connectivity index (χ4v) is 4.37. The van der Waals surface area contributed by atoms with Crippen LogP contribution in [0.3, 0.4) is 0 Å². The van der Waals surface area contributed by atoms with E-state index in [9.17, 15) is 0 Å². The molecule has 1 fully saturated rings. The highest BCUT2D eigenvalue weighted by molar-refractivity contribution is 4.72. The summed E-state index contributed by atoms with van der Waals surface area (Å²) in [4.78, 5) is 2.73. The largest absolute Gasteiger partial charge is 0.314 e. The van der Waals surface area contributed by atoms with Crippen LogP contribution in [0.2, 0.25) is 0 Å². The average Bonchev–Trinajstić information content (AvgIpc) is 2.67. The zero-order valence-corrected chi connectivity index (χ0v) is 18.4. The summed E-state index contributed by atoms with van der Waals surface area (Å²) in [5.74, 6) is 0.958. The van der Waals surface area contributed by atoms with Crippen LogP contribution < -0.4 is 5.32 Å². The fourth-order valence-electron chi connectivity index (χ4n) is 4.37. The second-order valence-electron chi connectivity index (χ2n) is 8.74. The Hall–Kier alpha value is -0.0800. The molecule has 2 nitrogen and oxygen atoms in total. The van der Waals surface area contributed by atoms with Crippen LogP contribution >= 0.6 is 0 Å². The van der Waals surface area contributed by atoms with Gasteiger partial charge in [-0.15, -0.1) is 0 Å². The summed E-state index contributed by atoms with van der Waals surface area (Å²) in [7, 11) is 0. The summed E-state index contributed by atoms with van der Waals surface area (Å²) in [6.45, 7) is 10.9. The van der Waals surface area contributed by atoms with Crippen LogP contribution in [0.4, 0.5) is 0 Å². The summed E-state index contributed by atoms with van der Waals surface area (Å²) in [6.07, 6.45) is 23.2. The summed E-state index contributed by atoms with van der Waals surface area (Å²) >= 11 is 0. The van der Waals surface area contributed by atoms with Gasteiger partial charge in [0.15, 0.2) is 0 Å². The molecule has 156 valence electrons. The molecule has 1 saturated heterocycles.